The van der Waals surface area contributed by atoms with Crippen molar-refractivity contribution in [3.63, 3.8) is 0 Å². The third kappa shape index (κ3) is 3.11. The van der Waals surface area contributed by atoms with Gasteiger partial charge in [0, 0.05) is 5.92 Å². The van der Waals surface area contributed by atoms with Crippen LogP contribution in [0.5, 0.6) is 0 Å². The predicted octanol–water partition coefficient (Wildman–Crippen LogP) is 1.96. The maximum absolute atomic E-state index is 9.60. The Kier molecular flexibility index (Phi) is 4.02. The summed E-state index contributed by atoms with van der Waals surface area (Å²) in [4.78, 5) is 0. The summed E-state index contributed by atoms with van der Waals surface area (Å²) in [7, 11) is 0. The highest BCUT2D eigenvalue weighted by atomic mass is 16.5. The third-order valence-electron chi connectivity index (χ3n) is 2.51. The van der Waals surface area contributed by atoms with Gasteiger partial charge in [-0.3, -0.25) is 0 Å². The molecule has 0 spiro atoms. The summed E-state index contributed by atoms with van der Waals surface area (Å²) in [6.45, 7) is 4.81. The van der Waals surface area contributed by atoms with Crippen molar-refractivity contribution < 1.29 is 9.84 Å². The van der Waals surface area contributed by atoms with Gasteiger partial charge in [-0.2, -0.15) is 0 Å². The Morgan fingerprint density at radius 1 is 1.33 bits per heavy atom. The molecule has 72 valence electrons. The highest BCUT2D eigenvalue weighted by molar-refractivity contribution is 4.74. The summed E-state index contributed by atoms with van der Waals surface area (Å²) >= 11 is 0. The van der Waals surface area contributed by atoms with Gasteiger partial charge in [0.05, 0.1) is 18.8 Å². The molecule has 2 atom stereocenters. The lowest BCUT2D eigenvalue weighted by Gasteiger charge is -2.27. The second-order valence-corrected chi connectivity index (χ2v) is 3.99. The first-order chi connectivity index (χ1) is 5.70. The SMILES string of the molecule is CC(C)OCC1CCCCC1O. The molecule has 0 saturated heterocycles. The van der Waals surface area contributed by atoms with Crippen LogP contribution in [0.3, 0.4) is 0 Å². The average molecular weight is 172 g/mol. The van der Waals surface area contributed by atoms with Crippen LogP contribution in [0.2, 0.25) is 0 Å². The van der Waals surface area contributed by atoms with Crippen molar-refractivity contribution in [1.29, 1.82) is 0 Å². The van der Waals surface area contributed by atoms with Crippen LogP contribution < -0.4 is 0 Å². The Hall–Kier alpha value is -0.0800. The predicted molar refractivity (Wildman–Crippen MR) is 49.1 cm³/mol. The molecule has 0 aliphatic heterocycles. The number of aliphatic hydroxyl groups excluding tert-OH is 1. The zero-order valence-corrected chi connectivity index (χ0v) is 8.12. The van der Waals surface area contributed by atoms with Crippen LogP contribution in [-0.4, -0.2) is 23.9 Å². The number of rotatable bonds is 3. The van der Waals surface area contributed by atoms with Crippen molar-refractivity contribution >= 4 is 0 Å². The molecule has 12 heavy (non-hydrogen) atoms. The van der Waals surface area contributed by atoms with Crippen molar-refractivity contribution in [3.05, 3.63) is 0 Å². The molecule has 0 aromatic rings. The third-order valence-corrected chi connectivity index (χ3v) is 2.51. The second kappa shape index (κ2) is 4.83. The molecule has 2 heteroatoms. The van der Waals surface area contributed by atoms with Crippen LogP contribution in [0.25, 0.3) is 0 Å². The van der Waals surface area contributed by atoms with E-state index in [2.05, 4.69) is 0 Å². The van der Waals surface area contributed by atoms with E-state index in [0.717, 1.165) is 19.4 Å². The molecule has 0 radical (unpaired) electrons. The van der Waals surface area contributed by atoms with Crippen LogP contribution in [0.15, 0.2) is 0 Å². The topological polar surface area (TPSA) is 29.5 Å². The minimum absolute atomic E-state index is 0.113. The molecular weight excluding hydrogens is 152 g/mol. The number of ether oxygens (including phenoxy) is 1. The van der Waals surface area contributed by atoms with Gasteiger partial charge in [0.2, 0.25) is 0 Å². The van der Waals surface area contributed by atoms with Gasteiger partial charge in [0.1, 0.15) is 0 Å². The van der Waals surface area contributed by atoms with Crippen LogP contribution >= 0.6 is 0 Å². The molecule has 0 bridgehead atoms. The van der Waals surface area contributed by atoms with Crippen molar-refractivity contribution in [2.45, 2.75) is 51.7 Å². The van der Waals surface area contributed by atoms with E-state index >= 15 is 0 Å². The summed E-state index contributed by atoms with van der Waals surface area (Å²) in [5.74, 6) is 0.390. The Balaban J connectivity index is 2.20. The zero-order chi connectivity index (χ0) is 8.97. The van der Waals surface area contributed by atoms with Crippen LogP contribution in [0.1, 0.15) is 39.5 Å². The standard InChI is InChI=1S/C10H20O2/c1-8(2)12-7-9-5-3-4-6-10(9)11/h8-11H,3-7H2,1-2H3. The molecule has 1 rings (SSSR count). The molecule has 0 heterocycles. The Bertz CT molecular complexity index is 123. The van der Waals surface area contributed by atoms with E-state index < -0.39 is 0 Å². The lowest BCUT2D eigenvalue weighted by atomic mass is 9.87. The van der Waals surface area contributed by atoms with Crippen molar-refractivity contribution in [2.75, 3.05) is 6.61 Å². The molecule has 1 fully saturated rings. The molecule has 1 aliphatic carbocycles. The fourth-order valence-corrected chi connectivity index (χ4v) is 1.70. The lowest BCUT2D eigenvalue weighted by Crippen LogP contribution is -2.29. The van der Waals surface area contributed by atoms with E-state index in [1.165, 1.54) is 12.8 Å². The van der Waals surface area contributed by atoms with Crippen LogP contribution in [0, 0.1) is 5.92 Å². The fraction of sp³-hybridized carbons (Fsp3) is 1.00. The lowest BCUT2D eigenvalue weighted by molar-refractivity contribution is -0.0152. The van der Waals surface area contributed by atoms with Crippen molar-refractivity contribution in [1.82, 2.24) is 0 Å². The second-order valence-electron chi connectivity index (χ2n) is 3.99. The van der Waals surface area contributed by atoms with Gasteiger partial charge >= 0.3 is 0 Å². The molecule has 0 aromatic carbocycles. The Morgan fingerprint density at radius 2 is 2.00 bits per heavy atom. The molecule has 1 N–H and O–H groups in total. The maximum Gasteiger partial charge on any atom is 0.0590 e. The smallest absolute Gasteiger partial charge is 0.0590 e. The number of hydrogen-bond donors (Lipinski definition) is 1. The van der Waals surface area contributed by atoms with E-state index in [4.69, 9.17) is 4.74 Å². The van der Waals surface area contributed by atoms with E-state index in [-0.39, 0.29) is 6.10 Å². The minimum Gasteiger partial charge on any atom is -0.393 e. The number of hydrogen-bond acceptors (Lipinski definition) is 2. The number of aliphatic hydroxyl groups is 1. The largest absolute Gasteiger partial charge is 0.393 e. The van der Waals surface area contributed by atoms with E-state index in [1.54, 1.807) is 0 Å². The van der Waals surface area contributed by atoms with Crippen LogP contribution in [-0.2, 0) is 4.74 Å². The first-order valence-electron chi connectivity index (χ1n) is 5.00. The quantitative estimate of drug-likeness (QED) is 0.705. The molecule has 2 nitrogen and oxygen atoms in total. The molecule has 0 amide bonds. The highest BCUT2D eigenvalue weighted by Crippen LogP contribution is 2.24. The Morgan fingerprint density at radius 3 is 2.58 bits per heavy atom. The molecule has 2 unspecified atom stereocenters. The van der Waals surface area contributed by atoms with Gasteiger partial charge in [0.25, 0.3) is 0 Å². The summed E-state index contributed by atoms with van der Waals surface area (Å²) in [5.41, 5.74) is 0. The van der Waals surface area contributed by atoms with Gasteiger partial charge in [-0.15, -0.1) is 0 Å². The molecular formula is C10H20O2. The van der Waals surface area contributed by atoms with E-state index in [1.807, 2.05) is 13.8 Å². The first kappa shape index (κ1) is 10.0. The highest BCUT2D eigenvalue weighted by Gasteiger charge is 2.23. The molecule has 0 aromatic heterocycles. The van der Waals surface area contributed by atoms with Gasteiger partial charge in [-0.1, -0.05) is 12.8 Å². The monoisotopic (exact) mass is 172 g/mol. The molecule has 1 saturated carbocycles. The average Bonchev–Trinajstić information content (AvgIpc) is 2.03. The van der Waals surface area contributed by atoms with E-state index in [0.29, 0.717) is 12.0 Å². The van der Waals surface area contributed by atoms with Crippen molar-refractivity contribution in [2.24, 2.45) is 5.92 Å². The molecule has 1 aliphatic rings. The van der Waals surface area contributed by atoms with Gasteiger partial charge in [0.15, 0.2) is 0 Å². The van der Waals surface area contributed by atoms with Gasteiger partial charge < -0.3 is 9.84 Å². The minimum atomic E-state index is -0.113. The summed E-state index contributed by atoms with van der Waals surface area (Å²) in [6.07, 6.45) is 4.71. The zero-order valence-electron chi connectivity index (χ0n) is 8.12. The Labute approximate surface area is 74.9 Å². The normalized spacial score (nSPS) is 31.0. The summed E-state index contributed by atoms with van der Waals surface area (Å²) in [5, 5.41) is 9.60. The first-order valence-corrected chi connectivity index (χ1v) is 5.00. The summed E-state index contributed by atoms with van der Waals surface area (Å²) in [6, 6.07) is 0. The van der Waals surface area contributed by atoms with Crippen LogP contribution in [0.4, 0.5) is 0 Å². The van der Waals surface area contributed by atoms with Crippen molar-refractivity contribution in [3.8, 4) is 0 Å². The fourth-order valence-electron chi connectivity index (χ4n) is 1.70. The summed E-state index contributed by atoms with van der Waals surface area (Å²) < 4.78 is 5.49. The van der Waals surface area contributed by atoms with Gasteiger partial charge in [-0.25, -0.2) is 0 Å². The van der Waals surface area contributed by atoms with Gasteiger partial charge in [-0.05, 0) is 26.7 Å². The van der Waals surface area contributed by atoms with E-state index in [9.17, 15) is 5.11 Å². The maximum atomic E-state index is 9.60.